The van der Waals surface area contributed by atoms with Gasteiger partial charge in [-0.25, -0.2) is 4.98 Å². The molecule has 0 amide bonds. The zero-order valence-electron chi connectivity index (χ0n) is 8.48. The van der Waals surface area contributed by atoms with Gasteiger partial charge in [-0.05, 0) is 14.0 Å². The quantitative estimate of drug-likeness (QED) is 0.614. The van der Waals surface area contributed by atoms with E-state index in [1.165, 1.54) is 0 Å². The number of hydrogen-bond acceptors (Lipinski definition) is 5. The minimum absolute atomic E-state index is 0.00343. The van der Waals surface area contributed by atoms with Crippen LogP contribution in [0.15, 0.2) is 11.1 Å². The van der Waals surface area contributed by atoms with Gasteiger partial charge in [0.15, 0.2) is 11.2 Å². The fourth-order valence-corrected chi connectivity index (χ4v) is 1.37. The molecule has 0 aliphatic carbocycles. The van der Waals surface area contributed by atoms with E-state index in [0.717, 1.165) is 0 Å². The number of rotatable bonds is 2. The Labute approximate surface area is 85.3 Å². The lowest BCUT2D eigenvalue weighted by Crippen LogP contribution is -2.20. The molecule has 1 unspecified atom stereocenters. The Morgan fingerprint density at radius 2 is 2.40 bits per heavy atom. The van der Waals surface area contributed by atoms with Crippen molar-refractivity contribution in [2.75, 3.05) is 12.8 Å². The van der Waals surface area contributed by atoms with E-state index in [9.17, 15) is 4.79 Å². The van der Waals surface area contributed by atoms with Crippen LogP contribution in [0.1, 0.15) is 13.1 Å². The van der Waals surface area contributed by atoms with Gasteiger partial charge in [0.2, 0.25) is 5.95 Å². The Hall–Kier alpha value is -1.89. The molecule has 7 heteroatoms. The van der Waals surface area contributed by atoms with Gasteiger partial charge < -0.3 is 11.1 Å². The third-order valence-corrected chi connectivity index (χ3v) is 2.29. The van der Waals surface area contributed by atoms with Crippen LogP contribution >= 0.6 is 0 Å². The summed E-state index contributed by atoms with van der Waals surface area (Å²) in [5.41, 5.74) is 5.93. The first kappa shape index (κ1) is 9.66. The van der Waals surface area contributed by atoms with E-state index >= 15 is 0 Å². The molecule has 2 heterocycles. The number of aromatic nitrogens is 4. The van der Waals surface area contributed by atoms with E-state index in [1.807, 2.05) is 14.0 Å². The lowest BCUT2D eigenvalue weighted by molar-refractivity contribution is 0.486. The lowest BCUT2D eigenvalue weighted by Gasteiger charge is -2.11. The van der Waals surface area contributed by atoms with Crippen molar-refractivity contribution < 1.29 is 0 Å². The van der Waals surface area contributed by atoms with E-state index < -0.39 is 0 Å². The molecule has 0 spiro atoms. The number of nitrogens with two attached hydrogens (primary N) is 1. The Morgan fingerprint density at radius 3 is 3.07 bits per heavy atom. The van der Waals surface area contributed by atoms with E-state index in [2.05, 4.69) is 20.3 Å². The van der Waals surface area contributed by atoms with Crippen LogP contribution in [0, 0.1) is 0 Å². The van der Waals surface area contributed by atoms with Crippen molar-refractivity contribution in [3.05, 3.63) is 16.7 Å². The Balaban J connectivity index is 2.74. The molecule has 4 N–H and O–H groups in total. The van der Waals surface area contributed by atoms with E-state index in [0.29, 0.717) is 11.2 Å². The van der Waals surface area contributed by atoms with Crippen LogP contribution in [-0.2, 0) is 0 Å². The maximum absolute atomic E-state index is 11.5. The van der Waals surface area contributed by atoms with Crippen LogP contribution in [0.25, 0.3) is 11.2 Å². The molecule has 15 heavy (non-hydrogen) atoms. The first-order valence-electron chi connectivity index (χ1n) is 4.53. The van der Waals surface area contributed by atoms with Gasteiger partial charge in [0.1, 0.15) is 0 Å². The summed E-state index contributed by atoms with van der Waals surface area (Å²) in [6.07, 6.45) is 1.57. The van der Waals surface area contributed by atoms with Crippen molar-refractivity contribution in [2.45, 2.75) is 13.1 Å². The molecule has 1 atom stereocenters. The summed E-state index contributed by atoms with van der Waals surface area (Å²) in [5, 5.41) is 3.03. The van der Waals surface area contributed by atoms with Crippen LogP contribution in [0.4, 0.5) is 5.95 Å². The topological polar surface area (TPSA) is 102 Å². The molecule has 0 saturated carbocycles. The summed E-state index contributed by atoms with van der Waals surface area (Å²) in [5.74, 6) is 0.0950. The second-order valence-corrected chi connectivity index (χ2v) is 3.24. The van der Waals surface area contributed by atoms with Crippen molar-refractivity contribution in [1.82, 2.24) is 24.8 Å². The number of nitrogens with one attached hydrogen (secondary N) is 2. The first-order valence-corrected chi connectivity index (χ1v) is 4.53. The smallest absolute Gasteiger partial charge is 0.280 e. The largest absolute Gasteiger partial charge is 0.369 e. The predicted octanol–water partition coefficient (Wildman–Crippen LogP) is -0.560. The number of aromatic amines is 1. The van der Waals surface area contributed by atoms with Gasteiger partial charge in [-0.15, -0.1) is 0 Å². The minimum Gasteiger partial charge on any atom is -0.369 e. The molecule has 2 aromatic heterocycles. The summed E-state index contributed by atoms with van der Waals surface area (Å²) in [4.78, 5) is 21.9. The van der Waals surface area contributed by atoms with Gasteiger partial charge in [-0.1, -0.05) is 0 Å². The first-order chi connectivity index (χ1) is 7.13. The fraction of sp³-hybridized carbons (Fsp3) is 0.375. The Morgan fingerprint density at radius 1 is 1.67 bits per heavy atom. The van der Waals surface area contributed by atoms with Gasteiger partial charge in [0, 0.05) is 0 Å². The highest BCUT2D eigenvalue weighted by Gasteiger charge is 2.11. The van der Waals surface area contributed by atoms with Crippen molar-refractivity contribution in [3.8, 4) is 0 Å². The van der Waals surface area contributed by atoms with Crippen molar-refractivity contribution in [3.63, 3.8) is 0 Å². The maximum atomic E-state index is 11.5. The average molecular weight is 208 g/mol. The standard InChI is InChI=1S/C8H12N6O/c1-4(10-2)14-3-11-5-6(14)12-8(9)13-7(5)15/h3-4,10H,1-2H3,(H3,9,12,13,15). The molecule has 0 radical (unpaired) electrons. The number of nitrogens with zero attached hydrogens (tertiary/aromatic N) is 3. The third-order valence-electron chi connectivity index (χ3n) is 2.29. The van der Waals surface area contributed by atoms with E-state index in [-0.39, 0.29) is 17.7 Å². The summed E-state index contributed by atoms with van der Waals surface area (Å²) in [7, 11) is 1.81. The fourth-order valence-electron chi connectivity index (χ4n) is 1.37. The summed E-state index contributed by atoms with van der Waals surface area (Å²) >= 11 is 0. The molecular formula is C8H12N6O. The number of nitrogen functional groups attached to an aromatic ring is 1. The number of H-pyrrole nitrogens is 1. The van der Waals surface area contributed by atoms with Crippen molar-refractivity contribution in [1.29, 1.82) is 0 Å². The van der Waals surface area contributed by atoms with Crippen molar-refractivity contribution in [2.24, 2.45) is 0 Å². The van der Waals surface area contributed by atoms with Gasteiger partial charge in [0.25, 0.3) is 5.56 Å². The van der Waals surface area contributed by atoms with Gasteiger partial charge in [0.05, 0.1) is 12.5 Å². The van der Waals surface area contributed by atoms with Crippen LogP contribution < -0.4 is 16.6 Å². The minimum atomic E-state index is -0.320. The number of fused-ring (bicyclic) bond motifs is 1. The molecule has 2 rings (SSSR count). The van der Waals surface area contributed by atoms with Crippen molar-refractivity contribution >= 4 is 17.1 Å². The number of imidazole rings is 1. The second kappa shape index (κ2) is 3.35. The number of anilines is 1. The van der Waals surface area contributed by atoms with E-state index in [4.69, 9.17) is 5.73 Å². The monoisotopic (exact) mass is 208 g/mol. The lowest BCUT2D eigenvalue weighted by atomic mass is 10.5. The van der Waals surface area contributed by atoms with Crippen LogP contribution in [0.2, 0.25) is 0 Å². The maximum Gasteiger partial charge on any atom is 0.280 e. The SMILES string of the molecule is CNC(C)n1cnc2c(=O)[nH]c(N)nc21. The van der Waals surface area contributed by atoms with Gasteiger partial charge in [-0.3, -0.25) is 14.3 Å². The predicted molar refractivity (Wildman–Crippen MR) is 56.3 cm³/mol. The van der Waals surface area contributed by atoms with E-state index in [1.54, 1.807) is 10.9 Å². The Kier molecular flexibility index (Phi) is 2.16. The Bertz CT molecular complexity index is 542. The van der Waals surface area contributed by atoms with Gasteiger partial charge in [-0.2, -0.15) is 4.98 Å². The molecule has 0 aliphatic rings. The zero-order valence-corrected chi connectivity index (χ0v) is 8.48. The molecule has 0 aromatic carbocycles. The highest BCUT2D eigenvalue weighted by molar-refractivity contribution is 5.70. The van der Waals surface area contributed by atoms with Crippen LogP contribution in [0.5, 0.6) is 0 Å². The average Bonchev–Trinajstić information content (AvgIpc) is 2.60. The zero-order chi connectivity index (χ0) is 11.0. The molecule has 80 valence electrons. The molecule has 2 aromatic rings. The molecular weight excluding hydrogens is 196 g/mol. The molecule has 0 fully saturated rings. The summed E-state index contributed by atoms with van der Waals surface area (Å²) in [6.45, 7) is 1.93. The van der Waals surface area contributed by atoms with Gasteiger partial charge >= 0.3 is 0 Å². The molecule has 0 saturated heterocycles. The highest BCUT2D eigenvalue weighted by atomic mass is 16.1. The highest BCUT2D eigenvalue weighted by Crippen LogP contribution is 2.10. The normalized spacial score (nSPS) is 13.2. The third kappa shape index (κ3) is 1.46. The second-order valence-electron chi connectivity index (χ2n) is 3.24. The molecule has 0 aliphatic heterocycles. The molecule has 0 bridgehead atoms. The van der Waals surface area contributed by atoms with Crippen LogP contribution in [0.3, 0.4) is 0 Å². The summed E-state index contributed by atoms with van der Waals surface area (Å²) < 4.78 is 1.75. The van der Waals surface area contributed by atoms with Crippen LogP contribution in [-0.4, -0.2) is 26.6 Å². The number of hydrogen-bond donors (Lipinski definition) is 3. The molecule has 7 nitrogen and oxygen atoms in total. The summed E-state index contributed by atoms with van der Waals surface area (Å²) in [6, 6.07) is 0.